The van der Waals surface area contributed by atoms with Crippen LogP contribution in [-0.2, 0) is 16.1 Å². The number of thiazole rings is 1. The minimum absolute atomic E-state index is 0.00579. The van der Waals surface area contributed by atoms with Crippen LogP contribution in [0, 0.1) is 5.92 Å². The third-order valence-corrected chi connectivity index (χ3v) is 4.53. The summed E-state index contributed by atoms with van der Waals surface area (Å²) < 4.78 is 5.13. The molecule has 5 nitrogen and oxygen atoms in total. The van der Waals surface area contributed by atoms with E-state index in [9.17, 15) is 9.90 Å². The van der Waals surface area contributed by atoms with Gasteiger partial charge in [0.05, 0.1) is 7.11 Å². The summed E-state index contributed by atoms with van der Waals surface area (Å²) >= 11 is 7.28. The predicted molar refractivity (Wildman–Crippen MR) is 73.1 cm³/mol. The van der Waals surface area contributed by atoms with Crippen molar-refractivity contribution in [3.05, 3.63) is 15.5 Å². The van der Waals surface area contributed by atoms with Gasteiger partial charge >= 0.3 is 5.97 Å². The molecular formula is C12H17ClN2O3S. The molecule has 1 aromatic heterocycles. The monoisotopic (exact) mass is 304 g/mol. The van der Waals surface area contributed by atoms with Crippen molar-refractivity contribution in [2.24, 2.45) is 5.92 Å². The summed E-state index contributed by atoms with van der Waals surface area (Å²) in [6, 6.07) is 0. The maximum atomic E-state index is 11.3. The molecule has 106 valence electrons. The molecule has 1 fully saturated rings. The van der Waals surface area contributed by atoms with Gasteiger partial charge in [-0.25, -0.2) is 9.78 Å². The van der Waals surface area contributed by atoms with Gasteiger partial charge in [-0.1, -0.05) is 11.6 Å². The van der Waals surface area contributed by atoms with E-state index in [1.165, 1.54) is 18.4 Å². The number of rotatable bonds is 4. The lowest BCUT2D eigenvalue weighted by atomic mass is 9.91. The molecule has 1 aliphatic heterocycles. The van der Waals surface area contributed by atoms with Crippen LogP contribution in [0.2, 0.25) is 4.47 Å². The van der Waals surface area contributed by atoms with Crippen molar-refractivity contribution in [3.63, 3.8) is 0 Å². The van der Waals surface area contributed by atoms with E-state index < -0.39 is 12.1 Å². The Bertz CT molecular complexity index is 432. The zero-order valence-corrected chi connectivity index (χ0v) is 12.3. The Kier molecular flexibility index (Phi) is 5.15. The molecular weight excluding hydrogens is 288 g/mol. The van der Waals surface area contributed by atoms with E-state index in [2.05, 4.69) is 14.6 Å². The number of methoxy groups -OCH3 is 1. The van der Waals surface area contributed by atoms with Crippen LogP contribution < -0.4 is 0 Å². The van der Waals surface area contributed by atoms with Gasteiger partial charge in [-0.2, -0.15) is 0 Å². The molecule has 0 saturated carbocycles. The summed E-state index contributed by atoms with van der Waals surface area (Å²) in [4.78, 5) is 18.7. The number of aromatic nitrogens is 1. The first-order valence-electron chi connectivity index (χ1n) is 6.18. The minimum Gasteiger partial charge on any atom is -0.467 e. The number of carbonyl (C=O) groups excluding carboxylic acids is 1. The average molecular weight is 305 g/mol. The van der Waals surface area contributed by atoms with Crippen LogP contribution in [0.15, 0.2) is 6.20 Å². The highest BCUT2D eigenvalue weighted by Crippen LogP contribution is 2.25. The second-order valence-corrected chi connectivity index (χ2v) is 6.36. The Balaban J connectivity index is 1.80. The first kappa shape index (κ1) is 14.7. The highest BCUT2D eigenvalue weighted by atomic mass is 35.5. The largest absolute Gasteiger partial charge is 0.467 e. The molecule has 1 N–H and O–H groups in total. The van der Waals surface area contributed by atoms with Crippen LogP contribution in [0.25, 0.3) is 0 Å². The number of nitrogens with zero attached hydrogens (tertiary/aromatic N) is 2. The van der Waals surface area contributed by atoms with Gasteiger partial charge in [-0.3, -0.25) is 4.90 Å². The lowest BCUT2D eigenvalue weighted by Gasteiger charge is -2.32. The number of hydrogen-bond acceptors (Lipinski definition) is 6. The number of aliphatic hydroxyl groups excluding tert-OH is 1. The molecule has 0 aromatic carbocycles. The zero-order valence-electron chi connectivity index (χ0n) is 10.7. The Labute approximate surface area is 121 Å². The lowest BCUT2D eigenvalue weighted by molar-refractivity contribution is -0.154. The summed E-state index contributed by atoms with van der Waals surface area (Å²) in [5.41, 5.74) is 0. The highest BCUT2D eigenvalue weighted by Gasteiger charge is 2.30. The number of esters is 1. The average Bonchev–Trinajstić information content (AvgIpc) is 2.83. The molecule has 1 aliphatic rings. The first-order chi connectivity index (χ1) is 9.10. The number of carbonyl (C=O) groups is 1. The Hall–Kier alpha value is -0.690. The molecule has 0 amide bonds. The maximum absolute atomic E-state index is 11.3. The standard InChI is InChI=1S/C12H17ClN2O3S/c1-18-11(17)10(16)8-2-4-15(5-3-8)7-9-6-14-12(13)19-9/h6,8,10,16H,2-5,7H2,1H3. The SMILES string of the molecule is COC(=O)C(O)C1CCN(Cc2cnc(Cl)s2)CC1. The molecule has 1 unspecified atom stereocenters. The van der Waals surface area contributed by atoms with Crippen LogP contribution >= 0.6 is 22.9 Å². The first-order valence-corrected chi connectivity index (χ1v) is 7.38. The Morgan fingerprint density at radius 2 is 2.37 bits per heavy atom. The van der Waals surface area contributed by atoms with E-state index in [4.69, 9.17) is 11.6 Å². The van der Waals surface area contributed by atoms with Crippen LogP contribution in [0.4, 0.5) is 0 Å². The van der Waals surface area contributed by atoms with Crippen molar-refractivity contribution >= 4 is 28.9 Å². The summed E-state index contributed by atoms with van der Waals surface area (Å²) in [5, 5.41) is 9.80. The fourth-order valence-corrected chi connectivity index (χ4v) is 3.34. The van der Waals surface area contributed by atoms with Crippen LogP contribution in [-0.4, -0.2) is 47.3 Å². The molecule has 0 spiro atoms. The van der Waals surface area contributed by atoms with Crippen molar-refractivity contribution in [2.75, 3.05) is 20.2 Å². The van der Waals surface area contributed by atoms with Crippen molar-refractivity contribution < 1.29 is 14.6 Å². The summed E-state index contributed by atoms with van der Waals surface area (Å²) in [7, 11) is 1.30. The van der Waals surface area contributed by atoms with E-state index in [1.54, 1.807) is 6.20 Å². The summed E-state index contributed by atoms with van der Waals surface area (Å²) in [6.07, 6.45) is 2.39. The van der Waals surface area contributed by atoms with E-state index in [1.807, 2.05) is 0 Å². The lowest BCUT2D eigenvalue weighted by Crippen LogP contribution is -2.40. The van der Waals surface area contributed by atoms with Crippen LogP contribution in [0.1, 0.15) is 17.7 Å². The normalized spacial score (nSPS) is 19.3. The van der Waals surface area contributed by atoms with Gasteiger partial charge in [-0.15, -0.1) is 11.3 Å². The van der Waals surface area contributed by atoms with Crippen molar-refractivity contribution in [1.29, 1.82) is 0 Å². The van der Waals surface area contributed by atoms with Gasteiger partial charge in [0.25, 0.3) is 0 Å². The van der Waals surface area contributed by atoms with Gasteiger partial charge in [-0.05, 0) is 31.8 Å². The Morgan fingerprint density at radius 3 is 2.89 bits per heavy atom. The predicted octanol–water partition coefficient (Wildman–Crippen LogP) is 1.54. The minimum atomic E-state index is -0.995. The molecule has 1 aromatic rings. The molecule has 0 aliphatic carbocycles. The number of ether oxygens (including phenoxy) is 1. The second-order valence-electron chi connectivity index (χ2n) is 4.66. The molecule has 2 heterocycles. The third-order valence-electron chi connectivity index (χ3n) is 3.43. The van der Waals surface area contributed by atoms with Gasteiger partial charge < -0.3 is 9.84 Å². The van der Waals surface area contributed by atoms with Crippen molar-refractivity contribution in [2.45, 2.75) is 25.5 Å². The van der Waals surface area contributed by atoms with E-state index in [0.29, 0.717) is 4.47 Å². The highest BCUT2D eigenvalue weighted by molar-refractivity contribution is 7.15. The molecule has 0 radical (unpaired) electrons. The fourth-order valence-electron chi connectivity index (χ4n) is 2.32. The van der Waals surface area contributed by atoms with Gasteiger partial charge in [0, 0.05) is 17.6 Å². The quantitative estimate of drug-likeness (QED) is 0.855. The Morgan fingerprint density at radius 1 is 1.68 bits per heavy atom. The molecule has 2 rings (SSSR count). The summed E-state index contributed by atoms with van der Waals surface area (Å²) in [5.74, 6) is -0.540. The number of likely N-dealkylation sites (tertiary alicyclic amines) is 1. The number of halogens is 1. The number of aliphatic hydroxyl groups is 1. The van der Waals surface area contributed by atoms with Gasteiger partial charge in [0.2, 0.25) is 0 Å². The third kappa shape index (κ3) is 3.89. The topological polar surface area (TPSA) is 62.7 Å². The fraction of sp³-hybridized carbons (Fsp3) is 0.667. The van der Waals surface area contributed by atoms with Crippen LogP contribution in [0.5, 0.6) is 0 Å². The van der Waals surface area contributed by atoms with Gasteiger partial charge in [0.15, 0.2) is 10.6 Å². The summed E-state index contributed by atoms with van der Waals surface area (Å²) in [6.45, 7) is 2.54. The van der Waals surface area contributed by atoms with Crippen molar-refractivity contribution in [3.8, 4) is 0 Å². The smallest absolute Gasteiger partial charge is 0.334 e. The van der Waals surface area contributed by atoms with E-state index in [-0.39, 0.29) is 5.92 Å². The van der Waals surface area contributed by atoms with Crippen molar-refractivity contribution in [1.82, 2.24) is 9.88 Å². The van der Waals surface area contributed by atoms with Gasteiger partial charge in [0.1, 0.15) is 0 Å². The molecule has 7 heteroatoms. The van der Waals surface area contributed by atoms with Crippen LogP contribution in [0.3, 0.4) is 0 Å². The van der Waals surface area contributed by atoms with E-state index in [0.717, 1.165) is 37.4 Å². The molecule has 1 saturated heterocycles. The number of piperidine rings is 1. The maximum Gasteiger partial charge on any atom is 0.334 e. The molecule has 19 heavy (non-hydrogen) atoms. The number of hydrogen-bond donors (Lipinski definition) is 1. The molecule has 0 bridgehead atoms. The zero-order chi connectivity index (χ0) is 13.8. The second kappa shape index (κ2) is 6.65. The van der Waals surface area contributed by atoms with E-state index >= 15 is 0 Å². The molecule has 1 atom stereocenters.